The van der Waals surface area contributed by atoms with Crippen molar-refractivity contribution >= 4 is 46.4 Å². The summed E-state index contributed by atoms with van der Waals surface area (Å²) in [6, 6.07) is 0. The van der Waals surface area contributed by atoms with Crippen molar-refractivity contribution in [1.82, 2.24) is 19.5 Å². The lowest BCUT2D eigenvalue weighted by atomic mass is 10.1. The molecule has 9 N–H and O–H groups in total. The van der Waals surface area contributed by atoms with Crippen molar-refractivity contribution in [2.75, 3.05) is 18.9 Å². The van der Waals surface area contributed by atoms with Gasteiger partial charge in [-0.2, -0.15) is 8.62 Å². The van der Waals surface area contributed by atoms with E-state index in [0.717, 1.165) is 6.33 Å². The van der Waals surface area contributed by atoms with E-state index in [1.54, 1.807) is 0 Å². The zero-order valence-corrected chi connectivity index (χ0v) is 19.8. The number of nitrogen functional groups attached to an aromatic ring is 1. The van der Waals surface area contributed by atoms with Gasteiger partial charge in [0.15, 0.2) is 23.8 Å². The molecule has 0 aliphatic carbocycles. The first-order valence-corrected chi connectivity index (χ1v) is 13.6. The first-order valence-electron chi connectivity index (χ1n) is 9.07. The van der Waals surface area contributed by atoms with Crippen LogP contribution in [0.15, 0.2) is 12.7 Å². The Hall–Kier alpha value is -1.89. The van der Waals surface area contributed by atoms with E-state index in [0.29, 0.717) is 0 Å². The summed E-state index contributed by atoms with van der Waals surface area (Å²) in [5.41, 5.74) is 11.2. The number of carbonyl (C=O) groups excluding carboxylic acids is 1. The lowest BCUT2D eigenvalue weighted by Crippen LogP contribution is -2.39. The second-order valence-corrected chi connectivity index (χ2v) is 11.1. The summed E-state index contributed by atoms with van der Waals surface area (Å²) in [7, 11) is -16.9. The molecular formula is C12H19N6O14P3. The van der Waals surface area contributed by atoms with Gasteiger partial charge in [-0.3, -0.25) is 13.9 Å². The van der Waals surface area contributed by atoms with Crippen molar-refractivity contribution in [3.63, 3.8) is 0 Å². The van der Waals surface area contributed by atoms with Gasteiger partial charge in [0.1, 0.15) is 24.1 Å². The number of aliphatic hydroxyl groups excluding tert-OH is 1. The number of aromatic nitrogens is 4. The average Bonchev–Trinajstić information content (AvgIpc) is 3.26. The molecule has 1 aliphatic heterocycles. The Morgan fingerprint density at radius 2 is 1.80 bits per heavy atom. The topological polar surface area (TPSA) is 311 Å². The predicted octanol–water partition coefficient (Wildman–Crippen LogP) is -2.12. The third-order valence-corrected chi connectivity index (χ3v) is 8.03. The largest absolute Gasteiger partial charge is 0.490 e. The van der Waals surface area contributed by atoms with Crippen LogP contribution in [0.4, 0.5) is 5.82 Å². The van der Waals surface area contributed by atoms with Gasteiger partial charge in [-0.05, 0) is 0 Å². The number of esters is 1. The number of nitrogens with zero attached hydrogens (tertiary/aromatic N) is 4. The number of phosphoric ester groups is 1. The maximum atomic E-state index is 12.0. The van der Waals surface area contributed by atoms with Crippen molar-refractivity contribution in [1.29, 1.82) is 0 Å². The lowest BCUT2D eigenvalue weighted by molar-refractivity contribution is -0.154. The van der Waals surface area contributed by atoms with Gasteiger partial charge in [0, 0.05) is 0 Å². The molecule has 0 aromatic carbocycles. The summed E-state index contributed by atoms with van der Waals surface area (Å²) < 4.78 is 57.8. The van der Waals surface area contributed by atoms with Crippen LogP contribution in [0.3, 0.4) is 0 Å². The van der Waals surface area contributed by atoms with Crippen molar-refractivity contribution in [3.05, 3.63) is 12.7 Å². The van der Waals surface area contributed by atoms with Gasteiger partial charge in [-0.25, -0.2) is 28.6 Å². The van der Waals surface area contributed by atoms with Crippen LogP contribution in [-0.4, -0.2) is 81.6 Å². The number of hydrogen-bond acceptors (Lipinski definition) is 15. The lowest BCUT2D eigenvalue weighted by Gasteiger charge is -2.21. The highest BCUT2D eigenvalue weighted by atomic mass is 31.3. The molecule has 2 unspecified atom stereocenters. The maximum absolute atomic E-state index is 12.0. The fraction of sp³-hybridized carbons (Fsp3) is 0.500. The number of ether oxygens (including phenoxy) is 2. The highest BCUT2D eigenvalue weighted by Crippen LogP contribution is 2.66. The Kier molecular flexibility index (Phi) is 8.10. The van der Waals surface area contributed by atoms with Crippen LogP contribution < -0.4 is 11.5 Å². The number of carbonyl (C=O) groups is 1. The monoisotopic (exact) mass is 564 g/mol. The molecular weight excluding hydrogens is 545 g/mol. The zero-order chi connectivity index (χ0) is 26.2. The molecule has 1 aliphatic rings. The summed E-state index contributed by atoms with van der Waals surface area (Å²) in [4.78, 5) is 59.5. The van der Waals surface area contributed by atoms with E-state index in [9.17, 15) is 33.4 Å². The number of fused-ring (bicyclic) bond motifs is 1. The quantitative estimate of drug-likeness (QED) is 0.120. The van der Waals surface area contributed by atoms with Crippen molar-refractivity contribution in [3.8, 4) is 0 Å². The zero-order valence-electron chi connectivity index (χ0n) is 17.1. The molecule has 2 aromatic heterocycles. The summed E-state index contributed by atoms with van der Waals surface area (Å²) >= 11 is 0. The molecule has 0 amide bonds. The minimum Gasteiger partial charge on any atom is -0.456 e. The number of anilines is 1. The average molecular weight is 564 g/mol. The van der Waals surface area contributed by atoms with Crippen molar-refractivity contribution in [2.24, 2.45) is 5.73 Å². The van der Waals surface area contributed by atoms with Crippen LogP contribution in [0, 0.1) is 0 Å². The minimum atomic E-state index is -5.77. The summed E-state index contributed by atoms with van der Waals surface area (Å²) in [6.45, 7) is -1.61. The van der Waals surface area contributed by atoms with Gasteiger partial charge in [0.25, 0.3) is 0 Å². The van der Waals surface area contributed by atoms with Crippen LogP contribution in [0.1, 0.15) is 6.23 Å². The molecule has 3 heterocycles. The van der Waals surface area contributed by atoms with Crippen LogP contribution in [0.5, 0.6) is 0 Å². The van der Waals surface area contributed by atoms with Gasteiger partial charge >= 0.3 is 29.4 Å². The van der Waals surface area contributed by atoms with E-state index in [1.165, 1.54) is 10.9 Å². The molecule has 6 atom stereocenters. The number of nitrogens with two attached hydrogens (primary N) is 2. The molecule has 23 heteroatoms. The van der Waals surface area contributed by atoms with E-state index < -0.39 is 67.1 Å². The smallest absolute Gasteiger partial charge is 0.456 e. The molecule has 0 radical (unpaired) electrons. The van der Waals surface area contributed by atoms with E-state index in [2.05, 4.69) is 28.1 Å². The summed E-state index contributed by atoms with van der Waals surface area (Å²) in [6.07, 6.45) is -3.79. The molecule has 20 nitrogen and oxygen atoms in total. The normalized spacial score (nSPS) is 26.3. The number of hydrogen-bond donors (Lipinski definition) is 7. The SMILES string of the molecule is NCC(=O)O[C@H]1[C@@H](O)[C@H](n2cnc3c(N)ncnc32)O[C@@H]1COP(=O)(O)OP(=O)(O)OP(=O)(O)O. The molecule has 1 saturated heterocycles. The van der Waals surface area contributed by atoms with Gasteiger partial charge in [-0.1, -0.05) is 0 Å². The molecule has 1 fully saturated rings. The molecule has 2 aromatic rings. The first kappa shape index (κ1) is 27.7. The van der Waals surface area contributed by atoms with E-state index in [-0.39, 0.29) is 17.0 Å². The Balaban J connectivity index is 1.80. The van der Waals surface area contributed by atoms with Crippen LogP contribution in [-0.2, 0) is 41.1 Å². The van der Waals surface area contributed by atoms with E-state index >= 15 is 0 Å². The van der Waals surface area contributed by atoms with Crippen molar-refractivity contribution < 1.29 is 65.8 Å². The Labute approximate surface area is 194 Å². The first-order chi connectivity index (χ1) is 16.1. The molecule has 0 spiro atoms. The highest BCUT2D eigenvalue weighted by molar-refractivity contribution is 7.66. The molecule has 0 bridgehead atoms. The second-order valence-electron chi connectivity index (χ2n) is 6.68. The van der Waals surface area contributed by atoms with Gasteiger partial charge in [0.05, 0.1) is 19.5 Å². The van der Waals surface area contributed by atoms with E-state index in [4.69, 9.17) is 30.7 Å². The van der Waals surface area contributed by atoms with Gasteiger partial charge < -0.3 is 45.6 Å². The summed E-state index contributed by atoms with van der Waals surface area (Å²) in [5, 5.41) is 10.7. The standard InChI is InChI=1S/C12H19N6O14P3/c13-1-6(19)30-9-5(2-28-34(24,25)32-35(26,27)31-33(21,22)23)29-12(8(9)20)18-4-17-7-10(14)15-3-16-11(7)18/h3-5,8-9,12,20H,1-2,13H2,(H,24,25)(H,26,27)(H2,14,15,16)(H2,21,22,23)/t5-,8-,9-,12-/m1/s1. The number of aliphatic hydroxyl groups is 1. The Morgan fingerprint density at radius 1 is 1.11 bits per heavy atom. The number of imidazole rings is 1. The van der Waals surface area contributed by atoms with Crippen LogP contribution in [0.2, 0.25) is 0 Å². The van der Waals surface area contributed by atoms with E-state index in [1.807, 2.05) is 0 Å². The third-order valence-electron chi connectivity index (χ3n) is 4.22. The van der Waals surface area contributed by atoms with Crippen molar-refractivity contribution in [2.45, 2.75) is 24.5 Å². The van der Waals surface area contributed by atoms with Gasteiger partial charge in [-0.15, -0.1) is 0 Å². The fourth-order valence-corrected chi connectivity index (χ4v) is 5.99. The Bertz CT molecular complexity index is 1230. The fourth-order valence-electron chi connectivity index (χ4n) is 2.96. The molecule has 35 heavy (non-hydrogen) atoms. The Morgan fingerprint density at radius 3 is 2.43 bits per heavy atom. The molecule has 3 rings (SSSR count). The molecule has 0 saturated carbocycles. The maximum Gasteiger partial charge on any atom is 0.490 e. The van der Waals surface area contributed by atoms with Crippen LogP contribution >= 0.6 is 23.5 Å². The molecule has 196 valence electrons. The second kappa shape index (κ2) is 10.2. The number of rotatable bonds is 10. The van der Waals surface area contributed by atoms with Crippen LogP contribution in [0.25, 0.3) is 11.2 Å². The predicted molar refractivity (Wildman–Crippen MR) is 108 cm³/mol. The van der Waals surface area contributed by atoms with Gasteiger partial charge in [0.2, 0.25) is 0 Å². The minimum absolute atomic E-state index is 0.0107. The summed E-state index contributed by atoms with van der Waals surface area (Å²) in [5.74, 6) is -0.986. The highest BCUT2D eigenvalue weighted by Gasteiger charge is 2.49. The third kappa shape index (κ3) is 6.87. The number of phosphoric acid groups is 3.